The SMILES string of the molecule is O=C(NCCN1CCOCC1)Nc1cc(Cl)nc(Cl)c1. The maximum atomic E-state index is 11.7. The van der Waals surface area contributed by atoms with Gasteiger partial charge in [0.1, 0.15) is 10.3 Å². The highest BCUT2D eigenvalue weighted by Gasteiger charge is 2.10. The van der Waals surface area contributed by atoms with E-state index in [0.717, 1.165) is 32.8 Å². The lowest BCUT2D eigenvalue weighted by Gasteiger charge is -2.26. The molecule has 6 nitrogen and oxygen atoms in total. The largest absolute Gasteiger partial charge is 0.379 e. The molecule has 0 aromatic carbocycles. The van der Waals surface area contributed by atoms with E-state index in [9.17, 15) is 4.79 Å². The van der Waals surface area contributed by atoms with Gasteiger partial charge in [0.2, 0.25) is 0 Å². The van der Waals surface area contributed by atoms with Crippen molar-refractivity contribution in [3.05, 3.63) is 22.4 Å². The number of urea groups is 1. The molecule has 0 spiro atoms. The van der Waals surface area contributed by atoms with E-state index in [0.29, 0.717) is 12.2 Å². The Kier molecular flexibility index (Phi) is 5.85. The van der Waals surface area contributed by atoms with Crippen LogP contribution < -0.4 is 10.6 Å². The summed E-state index contributed by atoms with van der Waals surface area (Å²) in [5, 5.41) is 5.91. The Morgan fingerprint density at radius 3 is 2.60 bits per heavy atom. The first-order valence-corrected chi connectivity index (χ1v) is 7.07. The van der Waals surface area contributed by atoms with Gasteiger partial charge in [-0.3, -0.25) is 4.90 Å². The van der Waals surface area contributed by atoms with Crippen LogP contribution in [0.1, 0.15) is 0 Å². The minimum Gasteiger partial charge on any atom is -0.379 e. The number of halogens is 2. The van der Waals surface area contributed by atoms with Crippen molar-refractivity contribution in [2.24, 2.45) is 0 Å². The molecule has 2 amide bonds. The van der Waals surface area contributed by atoms with Crippen molar-refractivity contribution in [3.8, 4) is 0 Å². The second-order valence-corrected chi connectivity index (χ2v) is 5.11. The van der Waals surface area contributed by atoms with Crippen molar-refractivity contribution in [3.63, 3.8) is 0 Å². The summed E-state index contributed by atoms with van der Waals surface area (Å²) in [7, 11) is 0. The van der Waals surface area contributed by atoms with Crippen molar-refractivity contribution in [2.75, 3.05) is 44.7 Å². The number of hydrogen-bond donors (Lipinski definition) is 2. The van der Waals surface area contributed by atoms with E-state index < -0.39 is 0 Å². The fourth-order valence-corrected chi connectivity index (χ4v) is 2.33. The first kappa shape index (κ1) is 15.3. The summed E-state index contributed by atoms with van der Waals surface area (Å²) in [6, 6.07) is 2.78. The van der Waals surface area contributed by atoms with Crippen LogP contribution in [0.15, 0.2) is 12.1 Å². The molecule has 1 aliphatic heterocycles. The molecule has 0 aliphatic carbocycles. The maximum Gasteiger partial charge on any atom is 0.319 e. The van der Waals surface area contributed by atoms with Gasteiger partial charge in [0.15, 0.2) is 0 Å². The number of morpholine rings is 1. The van der Waals surface area contributed by atoms with Crippen molar-refractivity contribution >= 4 is 34.9 Å². The minimum atomic E-state index is -0.295. The highest BCUT2D eigenvalue weighted by Crippen LogP contribution is 2.18. The van der Waals surface area contributed by atoms with Gasteiger partial charge in [-0.1, -0.05) is 23.2 Å². The Morgan fingerprint density at radius 1 is 1.30 bits per heavy atom. The highest BCUT2D eigenvalue weighted by molar-refractivity contribution is 6.32. The molecule has 1 aliphatic rings. The summed E-state index contributed by atoms with van der Waals surface area (Å²) >= 11 is 11.5. The van der Waals surface area contributed by atoms with E-state index in [2.05, 4.69) is 20.5 Å². The smallest absolute Gasteiger partial charge is 0.319 e. The van der Waals surface area contributed by atoms with Gasteiger partial charge in [-0.25, -0.2) is 9.78 Å². The van der Waals surface area contributed by atoms with E-state index in [-0.39, 0.29) is 16.3 Å². The van der Waals surface area contributed by atoms with Crippen LogP contribution in [0.5, 0.6) is 0 Å². The molecule has 0 unspecified atom stereocenters. The lowest BCUT2D eigenvalue weighted by Crippen LogP contribution is -2.42. The second kappa shape index (κ2) is 7.64. The predicted octanol–water partition coefficient (Wildman–Crippen LogP) is 1.84. The van der Waals surface area contributed by atoms with Crippen LogP contribution in [0.4, 0.5) is 10.5 Å². The third-order valence-corrected chi connectivity index (χ3v) is 3.23. The number of rotatable bonds is 4. The number of carbonyl (C=O) groups excluding carboxylic acids is 1. The Bertz CT molecular complexity index is 447. The molecule has 0 atom stereocenters. The van der Waals surface area contributed by atoms with Gasteiger partial charge in [-0.05, 0) is 12.1 Å². The molecule has 1 aromatic rings. The molecule has 0 bridgehead atoms. The van der Waals surface area contributed by atoms with Gasteiger partial charge in [0, 0.05) is 31.9 Å². The van der Waals surface area contributed by atoms with Crippen LogP contribution in [0, 0.1) is 0 Å². The van der Waals surface area contributed by atoms with Gasteiger partial charge in [-0.15, -0.1) is 0 Å². The molecule has 1 fully saturated rings. The molecule has 2 N–H and O–H groups in total. The Labute approximate surface area is 127 Å². The lowest BCUT2D eigenvalue weighted by atomic mass is 10.4. The molecule has 0 saturated carbocycles. The van der Waals surface area contributed by atoms with Gasteiger partial charge in [0.25, 0.3) is 0 Å². The van der Waals surface area contributed by atoms with E-state index in [1.807, 2.05) is 0 Å². The standard InChI is InChI=1S/C12H16Cl2N4O2/c13-10-7-9(8-11(14)17-10)16-12(19)15-1-2-18-3-5-20-6-4-18/h7-8H,1-6H2,(H2,15,16,17,19). The van der Waals surface area contributed by atoms with Crippen LogP contribution in [-0.2, 0) is 4.74 Å². The maximum absolute atomic E-state index is 11.7. The zero-order valence-corrected chi connectivity index (χ0v) is 12.4. The summed E-state index contributed by atoms with van der Waals surface area (Å²) in [4.78, 5) is 17.8. The second-order valence-electron chi connectivity index (χ2n) is 4.34. The molecule has 2 rings (SSSR count). The molecule has 8 heteroatoms. The number of hydrogen-bond acceptors (Lipinski definition) is 4. The van der Waals surface area contributed by atoms with Crippen molar-refractivity contribution in [1.82, 2.24) is 15.2 Å². The quantitative estimate of drug-likeness (QED) is 0.831. The van der Waals surface area contributed by atoms with Crippen LogP contribution in [0.3, 0.4) is 0 Å². The molecule has 1 aromatic heterocycles. The minimum absolute atomic E-state index is 0.237. The molecular formula is C12H16Cl2N4O2. The molecule has 110 valence electrons. The summed E-state index contributed by atoms with van der Waals surface area (Å²) in [5.41, 5.74) is 0.513. The topological polar surface area (TPSA) is 66.5 Å². The van der Waals surface area contributed by atoms with Crippen molar-refractivity contribution in [1.29, 1.82) is 0 Å². The number of pyridine rings is 1. The Hall–Kier alpha value is -1.08. The Balaban J connectivity index is 1.72. The lowest BCUT2D eigenvalue weighted by molar-refractivity contribution is 0.0388. The third-order valence-electron chi connectivity index (χ3n) is 2.84. The summed E-state index contributed by atoms with van der Waals surface area (Å²) in [5.74, 6) is 0. The monoisotopic (exact) mass is 318 g/mol. The summed E-state index contributed by atoms with van der Waals surface area (Å²) < 4.78 is 5.26. The number of amides is 2. The number of ether oxygens (including phenoxy) is 1. The van der Waals surface area contributed by atoms with Gasteiger partial charge >= 0.3 is 6.03 Å². The van der Waals surface area contributed by atoms with Crippen molar-refractivity contribution < 1.29 is 9.53 Å². The number of nitrogens with one attached hydrogen (secondary N) is 2. The molecule has 0 radical (unpaired) electrons. The van der Waals surface area contributed by atoms with Crippen LogP contribution in [0.2, 0.25) is 10.3 Å². The fourth-order valence-electron chi connectivity index (χ4n) is 1.86. The van der Waals surface area contributed by atoms with Crippen LogP contribution in [-0.4, -0.2) is 55.3 Å². The molecular weight excluding hydrogens is 303 g/mol. The number of nitrogens with zero attached hydrogens (tertiary/aromatic N) is 2. The van der Waals surface area contributed by atoms with Gasteiger partial charge < -0.3 is 15.4 Å². The Morgan fingerprint density at radius 2 is 1.95 bits per heavy atom. The average Bonchev–Trinajstić information content (AvgIpc) is 2.38. The summed E-state index contributed by atoms with van der Waals surface area (Å²) in [6.07, 6.45) is 0. The van der Waals surface area contributed by atoms with Gasteiger partial charge in [-0.2, -0.15) is 0 Å². The van der Waals surface area contributed by atoms with Crippen LogP contribution >= 0.6 is 23.2 Å². The zero-order valence-electron chi connectivity index (χ0n) is 10.9. The van der Waals surface area contributed by atoms with E-state index in [1.165, 1.54) is 12.1 Å². The van der Waals surface area contributed by atoms with Gasteiger partial charge in [0.05, 0.1) is 13.2 Å². The fraction of sp³-hybridized carbons (Fsp3) is 0.500. The number of aromatic nitrogens is 1. The number of carbonyl (C=O) groups is 1. The van der Waals surface area contributed by atoms with Crippen LogP contribution in [0.25, 0.3) is 0 Å². The number of anilines is 1. The van der Waals surface area contributed by atoms with E-state index in [1.54, 1.807) is 0 Å². The van der Waals surface area contributed by atoms with E-state index in [4.69, 9.17) is 27.9 Å². The first-order chi connectivity index (χ1) is 9.63. The highest BCUT2D eigenvalue weighted by atomic mass is 35.5. The normalized spacial score (nSPS) is 15.9. The third kappa shape index (κ3) is 5.13. The predicted molar refractivity (Wildman–Crippen MR) is 78.5 cm³/mol. The van der Waals surface area contributed by atoms with E-state index >= 15 is 0 Å². The molecule has 2 heterocycles. The molecule has 1 saturated heterocycles. The summed E-state index contributed by atoms with van der Waals surface area (Å²) in [6.45, 7) is 4.67. The first-order valence-electron chi connectivity index (χ1n) is 6.31. The zero-order chi connectivity index (χ0) is 14.4. The average molecular weight is 319 g/mol. The molecule has 20 heavy (non-hydrogen) atoms. The van der Waals surface area contributed by atoms with Crippen molar-refractivity contribution in [2.45, 2.75) is 0 Å².